The lowest BCUT2D eigenvalue weighted by molar-refractivity contribution is -0.130. The summed E-state index contributed by atoms with van der Waals surface area (Å²) in [6.07, 6.45) is 6.23. The lowest BCUT2D eigenvalue weighted by Gasteiger charge is -2.23. The Kier molecular flexibility index (Phi) is 6.55. The quantitative estimate of drug-likeness (QED) is 0.390. The Balaban J connectivity index is 2.00. The van der Waals surface area contributed by atoms with E-state index in [1.54, 1.807) is 18.2 Å². The summed E-state index contributed by atoms with van der Waals surface area (Å²) in [4.78, 5) is 12.8. The topological polar surface area (TPSA) is 55.8 Å². The zero-order chi connectivity index (χ0) is 21.0. The van der Waals surface area contributed by atoms with Crippen LogP contribution in [0.4, 0.5) is 0 Å². The number of carbonyl (C=O) groups is 1. The van der Waals surface area contributed by atoms with Crippen LogP contribution < -0.4 is 9.47 Å². The Labute approximate surface area is 172 Å². The molecular formula is C25H28O4. The van der Waals surface area contributed by atoms with Crippen LogP contribution in [0.3, 0.4) is 0 Å². The van der Waals surface area contributed by atoms with E-state index in [-0.39, 0.29) is 5.92 Å². The van der Waals surface area contributed by atoms with Gasteiger partial charge in [0.25, 0.3) is 0 Å². The lowest BCUT2D eigenvalue weighted by Crippen LogP contribution is -2.15. The van der Waals surface area contributed by atoms with E-state index in [4.69, 9.17) is 9.47 Å². The van der Waals surface area contributed by atoms with Crippen molar-refractivity contribution in [1.82, 2.24) is 0 Å². The van der Waals surface area contributed by atoms with Gasteiger partial charge in [-0.1, -0.05) is 68.5 Å². The van der Waals surface area contributed by atoms with E-state index in [9.17, 15) is 9.90 Å². The van der Waals surface area contributed by atoms with Crippen molar-refractivity contribution in [1.29, 1.82) is 0 Å². The second-order valence-electron chi connectivity index (χ2n) is 7.63. The smallest absolute Gasteiger partial charge is 0.343 e. The highest BCUT2D eigenvalue weighted by molar-refractivity contribution is 5.93. The number of esters is 1. The molecular weight excluding hydrogens is 364 g/mol. The maximum absolute atomic E-state index is 12.8. The molecule has 1 atom stereocenters. The molecule has 0 aliphatic heterocycles. The van der Waals surface area contributed by atoms with Crippen molar-refractivity contribution in [2.24, 2.45) is 0 Å². The Hall–Kier alpha value is -2.85. The molecule has 0 saturated carbocycles. The van der Waals surface area contributed by atoms with E-state index in [2.05, 4.69) is 13.8 Å². The number of allylic oxidation sites excluding steroid dienone is 2. The third kappa shape index (κ3) is 4.77. The van der Waals surface area contributed by atoms with Gasteiger partial charge in [-0.25, -0.2) is 4.79 Å². The minimum atomic E-state index is -1.16. The summed E-state index contributed by atoms with van der Waals surface area (Å²) in [5.41, 5.74) is 3.91. The number of hydrogen-bond acceptors (Lipinski definition) is 4. The molecule has 2 aromatic carbocycles. The summed E-state index contributed by atoms with van der Waals surface area (Å²) in [5.74, 6) is 0.599. The fraction of sp³-hybridized carbons (Fsp3) is 0.320. The molecule has 1 aliphatic carbocycles. The molecule has 29 heavy (non-hydrogen) atoms. The van der Waals surface area contributed by atoms with Gasteiger partial charge in [0, 0.05) is 5.56 Å². The van der Waals surface area contributed by atoms with Crippen LogP contribution in [0.2, 0.25) is 0 Å². The monoisotopic (exact) mass is 392 g/mol. The highest BCUT2D eigenvalue weighted by atomic mass is 16.6. The Morgan fingerprint density at radius 2 is 1.79 bits per heavy atom. The van der Waals surface area contributed by atoms with Crippen LogP contribution in [0.15, 0.2) is 60.2 Å². The van der Waals surface area contributed by atoms with Crippen LogP contribution in [-0.4, -0.2) is 11.1 Å². The van der Waals surface area contributed by atoms with Crippen molar-refractivity contribution in [2.75, 3.05) is 0 Å². The molecule has 1 N–H and O–H groups in total. The predicted octanol–water partition coefficient (Wildman–Crippen LogP) is 5.68. The number of rotatable bonds is 6. The number of carbonyl (C=O) groups excluding carboxylic acids is 1. The van der Waals surface area contributed by atoms with Crippen molar-refractivity contribution in [3.05, 3.63) is 82.5 Å². The first-order valence-corrected chi connectivity index (χ1v) is 10.0. The third-order valence-corrected chi connectivity index (χ3v) is 5.07. The predicted molar refractivity (Wildman–Crippen MR) is 114 cm³/mol. The van der Waals surface area contributed by atoms with Crippen molar-refractivity contribution < 1.29 is 19.4 Å². The molecule has 4 nitrogen and oxygen atoms in total. The van der Waals surface area contributed by atoms with Gasteiger partial charge >= 0.3 is 5.97 Å². The second-order valence-corrected chi connectivity index (χ2v) is 7.63. The molecule has 0 aromatic heterocycles. The van der Waals surface area contributed by atoms with E-state index in [0.29, 0.717) is 22.6 Å². The molecule has 0 bridgehead atoms. The maximum atomic E-state index is 12.8. The summed E-state index contributed by atoms with van der Waals surface area (Å²) in [6.45, 7) is 8.01. The first-order valence-electron chi connectivity index (χ1n) is 10.0. The summed E-state index contributed by atoms with van der Waals surface area (Å²) < 4.78 is 11.7. The second kappa shape index (κ2) is 9.10. The molecule has 1 unspecified atom stereocenters. The molecule has 0 saturated heterocycles. The van der Waals surface area contributed by atoms with Crippen LogP contribution in [0.5, 0.6) is 11.5 Å². The number of ether oxygens (including phenoxy) is 2. The van der Waals surface area contributed by atoms with E-state index >= 15 is 0 Å². The van der Waals surface area contributed by atoms with Gasteiger partial charge in [0.2, 0.25) is 6.29 Å². The van der Waals surface area contributed by atoms with Gasteiger partial charge in [-0.15, -0.1) is 0 Å². The number of benzene rings is 2. The van der Waals surface area contributed by atoms with Crippen LogP contribution in [0, 0.1) is 13.8 Å². The average molecular weight is 392 g/mol. The highest BCUT2D eigenvalue weighted by Crippen LogP contribution is 2.41. The highest BCUT2D eigenvalue weighted by Gasteiger charge is 2.24. The molecule has 3 rings (SSSR count). The van der Waals surface area contributed by atoms with Gasteiger partial charge in [-0.2, -0.15) is 0 Å². The number of aryl methyl sites for hydroxylation is 1. The van der Waals surface area contributed by atoms with Crippen molar-refractivity contribution >= 4 is 5.97 Å². The van der Waals surface area contributed by atoms with Crippen molar-refractivity contribution in [2.45, 2.75) is 52.7 Å². The molecule has 0 radical (unpaired) electrons. The average Bonchev–Trinajstić information content (AvgIpc) is 2.73. The van der Waals surface area contributed by atoms with Gasteiger partial charge in [-0.3, -0.25) is 0 Å². The van der Waals surface area contributed by atoms with E-state index in [1.807, 2.05) is 50.3 Å². The zero-order valence-corrected chi connectivity index (χ0v) is 17.4. The largest absolute Gasteiger partial charge is 0.457 e. The van der Waals surface area contributed by atoms with Crippen LogP contribution in [0.25, 0.3) is 0 Å². The van der Waals surface area contributed by atoms with Crippen molar-refractivity contribution in [3.8, 4) is 11.5 Å². The Bertz CT molecular complexity index is 939. The molecule has 0 amide bonds. The third-order valence-electron chi connectivity index (χ3n) is 5.07. The SMILES string of the molecule is Cc1cc(C(C)C)c(C)c(OC(=O)C2=CCCC=C2)c1OC(O)c1ccccc1. The molecule has 152 valence electrons. The normalized spacial score (nSPS) is 14.5. The molecule has 0 fully saturated rings. The van der Waals surface area contributed by atoms with Gasteiger partial charge in [0.15, 0.2) is 11.5 Å². The van der Waals surface area contributed by atoms with Gasteiger partial charge in [0.1, 0.15) is 0 Å². The summed E-state index contributed by atoms with van der Waals surface area (Å²) in [6, 6.07) is 11.2. The van der Waals surface area contributed by atoms with E-state index in [1.165, 1.54) is 0 Å². The van der Waals surface area contributed by atoms with Gasteiger partial charge in [-0.05, 0) is 49.3 Å². The van der Waals surface area contributed by atoms with E-state index in [0.717, 1.165) is 29.5 Å². The van der Waals surface area contributed by atoms with E-state index < -0.39 is 12.3 Å². The van der Waals surface area contributed by atoms with Crippen LogP contribution in [-0.2, 0) is 4.79 Å². The van der Waals surface area contributed by atoms with Gasteiger partial charge < -0.3 is 14.6 Å². The van der Waals surface area contributed by atoms with Crippen LogP contribution >= 0.6 is 0 Å². The minimum Gasteiger partial charge on any atom is -0.457 e. The zero-order valence-electron chi connectivity index (χ0n) is 17.4. The maximum Gasteiger partial charge on any atom is 0.343 e. The summed E-state index contributed by atoms with van der Waals surface area (Å²) in [7, 11) is 0. The van der Waals surface area contributed by atoms with Gasteiger partial charge in [0.05, 0.1) is 5.57 Å². The lowest BCUT2D eigenvalue weighted by atomic mass is 9.94. The number of aliphatic hydroxyl groups is 1. The Morgan fingerprint density at radius 1 is 1.07 bits per heavy atom. The number of hydrogen-bond donors (Lipinski definition) is 1. The summed E-state index contributed by atoms with van der Waals surface area (Å²) >= 11 is 0. The molecule has 2 aromatic rings. The number of aliphatic hydroxyl groups excluding tert-OH is 1. The van der Waals surface area contributed by atoms with Crippen LogP contribution in [0.1, 0.15) is 61.2 Å². The first kappa shape index (κ1) is 20.9. The standard InChI is InChI=1S/C25H28O4/c1-16(2)21-15-17(3)22(28-24(26)19-11-7-5-8-12-19)23(18(21)4)29-25(27)20-13-9-6-10-14-20/h5,7-9,11-16,24,26H,6,10H2,1-4H3. The molecule has 0 spiro atoms. The molecule has 1 aliphatic rings. The fourth-order valence-electron chi connectivity index (χ4n) is 3.47. The minimum absolute atomic E-state index is 0.257. The molecule has 4 heteroatoms. The first-order chi connectivity index (χ1) is 13.9. The molecule has 0 heterocycles. The fourth-order valence-corrected chi connectivity index (χ4v) is 3.47. The van der Waals surface area contributed by atoms with Crippen molar-refractivity contribution in [3.63, 3.8) is 0 Å². The summed E-state index contributed by atoms with van der Waals surface area (Å²) in [5, 5.41) is 10.6. The Morgan fingerprint density at radius 3 is 2.41 bits per heavy atom.